The molecule has 0 fully saturated rings. The van der Waals surface area contributed by atoms with Gasteiger partial charge in [0.2, 0.25) is 0 Å². The van der Waals surface area contributed by atoms with E-state index in [-0.39, 0.29) is 11.3 Å². The first-order chi connectivity index (χ1) is 11.6. The fourth-order valence-corrected chi connectivity index (χ4v) is 2.26. The van der Waals surface area contributed by atoms with E-state index in [0.717, 1.165) is 10.2 Å². The van der Waals surface area contributed by atoms with Gasteiger partial charge in [0.25, 0.3) is 11.5 Å². The zero-order valence-corrected chi connectivity index (χ0v) is 13.2. The lowest BCUT2D eigenvalue weighted by atomic mass is 10.2. The fraction of sp³-hybridized carbons (Fsp3) is 0.111. The first-order valence-electron chi connectivity index (χ1n) is 7.46. The highest BCUT2D eigenvalue weighted by Gasteiger charge is 2.07. The highest BCUT2D eigenvalue weighted by atomic mass is 16.2. The largest absolute Gasteiger partial charge is 0.328 e. The minimum Gasteiger partial charge on any atom is -0.328 e. The van der Waals surface area contributed by atoms with Gasteiger partial charge in [-0.05, 0) is 23.8 Å². The molecule has 0 aliphatic heterocycles. The van der Waals surface area contributed by atoms with Gasteiger partial charge < -0.3 is 4.57 Å². The molecule has 1 aromatic carbocycles. The maximum Gasteiger partial charge on any atom is 0.299 e. The van der Waals surface area contributed by atoms with Crippen LogP contribution in [0.25, 0.3) is 0 Å². The number of aromatic nitrogens is 3. The van der Waals surface area contributed by atoms with E-state index in [1.54, 1.807) is 6.07 Å². The molecule has 0 radical (unpaired) electrons. The van der Waals surface area contributed by atoms with Gasteiger partial charge in [-0.15, -0.1) is 0 Å². The molecule has 0 N–H and O–H groups in total. The normalized spacial score (nSPS) is 11.5. The van der Waals surface area contributed by atoms with Gasteiger partial charge in [0.15, 0.2) is 5.69 Å². The molecule has 24 heavy (non-hydrogen) atoms. The standard InChI is InChI=1S/C18H16N4O2/c1-21-17(23)11-10-15(20-21)18(24)19-16-9-5-6-12-22(16)13-14-7-3-2-4-8-14/h2-12H,13H2,1H3. The Morgan fingerprint density at radius 1 is 1.04 bits per heavy atom. The van der Waals surface area contributed by atoms with Crippen LogP contribution in [-0.4, -0.2) is 20.3 Å². The first-order valence-corrected chi connectivity index (χ1v) is 7.46. The highest BCUT2D eigenvalue weighted by molar-refractivity contribution is 5.92. The molecule has 6 heteroatoms. The van der Waals surface area contributed by atoms with E-state index in [1.165, 1.54) is 19.2 Å². The van der Waals surface area contributed by atoms with Crippen LogP contribution in [0.1, 0.15) is 16.1 Å². The number of rotatable bonds is 3. The van der Waals surface area contributed by atoms with Crippen molar-refractivity contribution in [1.82, 2.24) is 14.3 Å². The minimum atomic E-state index is -0.487. The lowest BCUT2D eigenvalue weighted by molar-refractivity contribution is 0.0990. The van der Waals surface area contributed by atoms with Crippen LogP contribution in [0.4, 0.5) is 0 Å². The molecule has 0 saturated heterocycles. The molecular weight excluding hydrogens is 304 g/mol. The predicted octanol–water partition coefficient (Wildman–Crippen LogP) is 1.37. The number of carbonyl (C=O) groups is 1. The molecule has 0 unspecified atom stereocenters. The van der Waals surface area contributed by atoms with Gasteiger partial charge in [-0.3, -0.25) is 9.59 Å². The zero-order chi connectivity index (χ0) is 16.9. The van der Waals surface area contributed by atoms with Crippen molar-refractivity contribution in [2.45, 2.75) is 6.54 Å². The van der Waals surface area contributed by atoms with Crippen molar-refractivity contribution in [2.24, 2.45) is 12.0 Å². The van der Waals surface area contributed by atoms with Gasteiger partial charge in [0.05, 0.1) is 0 Å². The van der Waals surface area contributed by atoms with Crippen molar-refractivity contribution in [3.8, 4) is 0 Å². The third kappa shape index (κ3) is 3.55. The number of benzene rings is 1. The number of carbonyl (C=O) groups excluding carboxylic acids is 1. The Bertz CT molecular complexity index is 987. The molecule has 1 amide bonds. The lowest BCUT2D eigenvalue weighted by Gasteiger charge is -2.07. The van der Waals surface area contributed by atoms with Gasteiger partial charge in [0.1, 0.15) is 5.49 Å². The molecule has 3 rings (SSSR count). The Labute approximate surface area is 138 Å². The van der Waals surface area contributed by atoms with Gasteiger partial charge in [-0.25, -0.2) is 4.68 Å². The molecule has 0 atom stereocenters. The molecule has 6 nitrogen and oxygen atoms in total. The molecule has 120 valence electrons. The number of hydrogen-bond donors (Lipinski definition) is 0. The quantitative estimate of drug-likeness (QED) is 0.732. The summed E-state index contributed by atoms with van der Waals surface area (Å²) in [6.45, 7) is 0.606. The van der Waals surface area contributed by atoms with Gasteiger partial charge in [0, 0.05) is 25.9 Å². The number of amides is 1. The van der Waals surface area contributed by atoms with E-state index in [4.69, 9.17) is 0 Å². The predicted molar refractivity (Wildman–Crippen MR) is 89.3 cm³/mol. The zero-order valence-electron chi connectivity index (χ0n) is 13.2. The molecule has 2 aromatic heterocycles. The van der Waals surface area contributed by atoms with Crippen LogP contribution >= 0.6 is 0 Å². The summed E-state index contributed by atoms with van der Waals surface area (Å²) in [7, 11) is 1.50. The average Bonchev–Trinajstić information content (AvgIpc) is 2.60. The third-order valence-electron chi connectivity index (χ3n) is 3.51. The van der Waals surface area contributed by atoms with Crippen molar-refractivity contribution in [3.63, 3.8) is 0 Å². The van der Waals surface area contributed by atoms with E-state index in [9.17, 15) is 9.59 Å². The Kier molecular flexibility index (Phi) is 4.47. The summed E-state index contributed by atoms with van der Waals surface area (Å²) in [5, 5.41) is 3.93. The Balaban J connectivity index is 1.96. The first kappa shape index (κ1) is 15.6. The van der Waals surface area contributed by atoms with Crippen LogP contribution in [0, 0.1) is 0 Å². The van der Waals surface area contributed by atoms with Crippen molar-refractivity contribution in [3.05, 3.63) is 94.0 Å². The molecule has 0 spiro atoms. The van der Waals surface area contributed by atoms with Crippen LogP contribution < -0.4 is 11.0 Å². The van der Waals surface area contributed by atoms with Crippen molar-refractivity contribution in [1.29, 1.82) is 0 Å². The molecular formula is C18H16N4O2. The van der Waals surface area contributed by atoms with E-state index in [2.05, 4.69) is 10.1 Å². The number of nitrogens with zero attached hydrogens (tertiary/aromatic N) is 4. The van der Waals surface area contributed by atoms with Crippen molar-refractivity contribution < 1.29 is 4.79 Å². The van der Waals surface area contributed by atoms with Crippen LogP contribution in [0.15, 0.2) is 76.6 Å². The molecule has 0 aliphatic rings. The molecule has 0 saturated carbocycles. The molecule has 0 bridgehead atoms. The third-order valence-corrected chi connectivity index (χ3v) is 3.51. The molecule has 3 aromatic rings. The average molecular weight is 320 g/mol. The number of hydrogen-bond acceptors (Lipinski definition) is 3. The van der Waals surface area contributed by atoms with Crippen LogP contribution in [0.3, 0.4) is 0 Å². The number of aryl methyl sites for hydroxylation is 1. The summed E-state index contributed by atoms with van der Waals surface area (Å²) in [4.78, 5) is 27.8. The van der Waals surface area contributed by atoms with Gasteiger partial charge >= 0.3 is 0 Å². The van der Waals surface area contributed by atoms with E-state index >= 15 is 0 Å². The fourth-order valence-electron chi connectivity index (χ4n) is 2.26. The van der Waals surface area contributed by atoms with E-state index in [0.29, 0.717) is 12.0 Å². The summed E-state index contributed by atoms with van der Waals surface area (Å²) in [5.41, 5.74) is 1.50. The maximum absolute atomic E-state index is 12.3. The smallest absolute Gasteiger partial charge is 0.299 e. The second kappa shape index (κ2) is 6.87. The number of pyridine rings is 1. The Morgan fingerprint density at radius 2 is 1.79 bits per heavy atom. The van der Waals surface area contributed by atoms with Crippen LogP contribution in [0.5, 0.6) is 0 Å². The summed E-state index contributed by atoms with van der Waals surface area (Å²) >= 11 is 0. The van der Waals surface area contributed by atoms with Crippen LogP contribution in [-0.2, 0) is 13.6 Å². The highest BCUT2D eigenvalue weighted by Crippen LogP contribution is 2.00. The topological polar surface area (TPSA) is 69.2 Å². The van der Waals surface area contributed by atoms with Gasteiger partial charge in [-0.1, -0.05) is 36.4 Å². The molecule has 2 heterocycles. The summed E-state index contributed by atoms with van der Waals surface area (Å²) in [6.07, 6.45) is 1.87. The summed E-state index contributed by atoms with van der Waals surface area (Å²) in [6, 6.07) is 18.1. The van der Waals surface area contributed by atoms with E-state index in [1.807, 2.05) is 53.2 Å². The van der Waals surface area contributed by atoms with Crippen LogP contribution in [0.2, 0.25) is 0 Å². The Morgan fingerprint density at radius 3 is 2.54 bits per heavy atom. The summed E-state index contributed by atoms with van der Waals surface area (Å²) in [5.74, 6) is -0.487. The summed E-state index contributed by atoms with van der Waals surface area (Å²) < 4.78 is 3.00. The second-order valence-electron chi connectivity index (χ2n) is 5.27. The lowest BCUT2D eigenvalue weighted by Crippen LogP contribution is -2.24. The van der Waals surface area contributed by atoms with Gasteiger partial charge in [-0.2, -0.15) is 10.1 Å². The second-order valence-corrected chi connectivity index (χ2v) is 5.27. The Hall–Kier alpha value is -3.28. The van der Waals surface area contributed by atoms with E-state index < -0.39 is 5.91 Å². The SMILES string of the molecule is Cn1nc(C(=O)N=c2ccccn2Cc2ccccc2)ccc1=O. The maximum atomic E-state index is 12.3. The monoisotopic (exact) mass is 320 g/mol. The van der Waals surface area contributed by atoms with Crippen molar-refractivity contribution >= 4 is 5.91 Å². The van der Waals surface area contributed by atoms with Crippen molar-refractivity contribution in [2.75, 3.05) is 0 Å². The molecule has 0 aliphatic carbocycles. The minimum absolute atomic E-state index is 0.132.